The van der Waals surface area contributed by atoms with Gasteiger partial charge in [-0.3, -0.25) is 0 Å². The summed E-state index contributed by atoms with van der Waals surface area (Å²) in [6.45, 7) is 2.51. The van der Waals surface area contributed by atoms with Crippen molar-refractivity contribution in [1.82, 2.24) is 0 Å². The molecule has 4 heteroatoms. The van der Waals surface area contributed by atoms with Gasteiger partial charge in [-0.2, -0.15) is 13.2 Å². The van der Waals surface area contributed by atoms with Crippen molar-refractivity contribution in [3.8, 4) is 0 Å². The lowest BCUT2D eigenvalue weighted by atomic mass is 10.6. The van der Waals surface area contributed by atoms with Crippen LogP contribution in [0.1, 0.15) is 0 Å². The highest BCUT2D eigenvalue weighted by molar-refractivity contribution is 4.75. The Morgan fingerprint density at radius 3 is 1.43 bits per heavy atom. The van der Waals surface area contributed by atoms with Crippen LogP contribution in [0, 0.1) is 0 Å². The van der Waals surface area contributed by atoms with Gasteiger partial charge in [0.25, 0.3) is 0 Å². The molecule has 0 aromatic heterocycles. The molecular weight excluding hydrogens is 128 g/mol. The summed E-state index contributed by atoms with van der Waals surface area (Å²) in [6.07, 6.45) is -4.26. The molecule has 0 saturated carbocycles. The first kappa shape index (κ1) is 9.94. The molecule has 0 aliphatic carbocycles. The maximum Gasteiger partial charge on any atom is 0.409 e. The largest absolute Gasteiger partial charge is 1.00 e. The van der Waals surface area contributed by atoms with Crippen LogP contribution in [-0.2, 0) is 0 Å². The smallest absolute Gasteiger partial charge is 0.409 e. The van der Waals surface area contributed by atoms with Crippen LogP contribution < -0.4 is 12.4 Å². The third kappa shape index (κ3) is 10.7. The van der Waals surface area contributed by atoms with Crippen molar-refractivity contribution in [2.45, 2.75) is 6.18 Å². The molecule has 0 aromatic rings. The molecule has 0 nitrogen and oxygen atoms in total. The Balaban J connectivity index is 0. The Morgan fingerprint density at radius 1 is 1.29 bits per heavy atom. The summed E-state index contributed by atoms with van der Waals surface area (Å²) in [5, 5.41) is 0. The van der Waals surface area contributed by atoms with Gasteiger partial charge in [-0.25, -0.2) is 0 Å². The van der Waals surface area contributed by atoms with Gasteiger partial charge in [0.2, 0.25) is 0 Å². The van der Waals surface area contributed by atoms with Crippen LogP contribution in [0.4, 0.5) is 13.2 Å². The highest BCUT2D eigenvalue weighted by Gasteiger charge is 2.19. The summed E-state index contributed by atoms with van der Waals surface area (Å²) in [6, 6.07) is 0. The van der Waals surface area contributed by atoms with Crippen LogP contribution in [0.2, 0.25) is 0 Å². The van der Waals surface area contributed by atoms with Crippen LogP contribution in [0.15, 0.2) is 12.7 Å². The van der Waals surface area contributed by atoms with Gasteiger partial charge in [0, 0.05) is 6.08 Å². The van der Waals surface area contributed by atoms with Crippen LogP contribution in [-0.4, -0.2) is 6.18 Å². The van der Waals surface area contributed by atoms with Crippen LogP contribution in [0.25, 0.3) is 0 Å². The van der Waals surface area contributed by atoms with E-state index >= 15 is 0 Å². The number of rotatable bonds is 0. The van der Waals surface area contributed by atoms with Crippen LogP contribution in [0.3, 0.4) is 0 Å². The van der Waals surface area contributed by atoms with E-state index in [0.717, 1.165) is 0 Å². The van der Waals surface area contributed by atoms with E-state index in [-0.39, 0.29) is 18.5 Å². The lowest BCUT2D eigenvalue weighted by Crippen LogP contribution is -3.00. The second kappa shape index (κ2) is 2.91. The van der Waals surface area contributed by atoms with E-state index < -0.39 is 6.18 Å². The molecule has 0 aliphatic heterocycles. The molecule has 0 amide bonds. The molecule has 0 fully saturated rings. The van der Waals surface area contributed by atoms with Crippen molar-refractivity contribution in [3.05, 3.63) is 12.7 Å². The molecule has 0 heterocycles. The van der Waals surface area contributed by atoms with Gasteiger partial charge in [0.05, 0.1) is 0 Å². The fourth-order valence-corrected chi connectivity index (χ4v) is 0. The summed E-state index contributed by atoms with van der Waals surface area (Å²) >= 11 is 0. The fourth-order valence-electron chi connectivity index (χ4n) is 0. The predicted octanol–water partition coefficient (Wildman–Crippen LogP) is -1.26. The quantitative estimate of drug-likeness (QED) is 0.360. The third-order valence-electron chi connectivity index (χ3n) is 0.231. The first-order valence-electron chi connectivity index (χ1n) is 1.26. The van der Waals surface area contributed by atoms with Gasteiger partial charge in [0.15, 0.2) is 0 Å². The summed E-state index contributed by atoms with van der Waals surface area (Å²) in [4.78, 5) is 0. The van der Waals surface area contributed by atoms with E-state index in [2.05, 4.69) is 6.58 Å². The van der Waals surface area contributed by atoms with Gasteiger partial charge < -0.3 is 12.4 Å². The second-order valence-electron chi connectivity index (χ2n) is 0.746. The molecule has 0 radical (unpaired) electrons. The van der Waals surface area contributed by atoms with Crippen molar-refractivity contribution in [2.24, 2.45) is 0 Å². The normalized spacial score (nSPS) is 9.57. The molecular formula is C3H3ClF3-. The van der Waals surface area contributed by atoms with Crippen molar-refractivity contribution in [2.75, 3.05) is 0 Å². The third-order valence-corrected chi connectivity index (χ3v) is 0.231. The number of hydrogen-bond donors (Lipinski definition) is 0. The average molecular weight is 132 g/mol. The first-order chi connectivity index (χ1) is 2.56. The SMILES string of the molecule is C=CC(F)(F)F.[Cl-]. The zero-order valence-corrected chi connectivity index (χ0v) is 4.05. The molecule has 0 spiro atoms. The van der Waals surface area contributed by atoms with Gasteiger partial charge >= 0.3 is 6.18 Å². The zero-order chi connectivity index (χ0) is 5.21. The van der Waals surface area contributed by atoms with E-state index in [0.29, 0.717) is 0 Å². The van der Waals surface area contributed by atoms with E-state index in [4.69, 9.17) is 0 Å². The van der Waals surface area contributed by atoms with Gasteiger partial charge in [0.1, 0.15) is 0 Å². The minimum atomic E-state index is -4.19. The Hall–Kier alpha value is -0.180. The van der Waals surface area contributed by atoms with Gasteiger partial charge in [-0.1, -0.05) is 6.58 Å². The topological polar surface area (TPSA) is 0 Å². The molecule has 0 aliphatic rings. The van der Waals surface area contributed by atoms with E-state index in [1.165, 1.54) is 0 Å². The highest BCUT2D eigenvalue weighted by atomic mass is 35.5. The molecule has 7 heavy (non-hydrogen) atoms. The Labute approximate surface area is 45.4 Å². The number of hydrogen-bond acceptors (Lipinski definition) is 0. The van der Waals surface area contributed by atoms with Crippen molar-refractivity contribution < 1.29 is 25.6 Å². The molecule has 0 atom stereocenters. The Morgan fingerprint density at radius 2 is 1.43 bits per heavy atom. The van der Waals surface area contributed by atoms with Crippen molar-refractivity contribution in [3.63, 3.8) is 0 Å². The molecule has 0 bridgehead atoms. The number of alkyl halides is 3. The summed E-state index contributed by atoms with van der Waals surface area (Å²) in [5.74, 6) is 0. The molecule has 0 saturated heterocycles. The lowest BCUT2D eigenvalue weighted by molar-refractivity contribution is -0.0795. The monoisotopic (exact) mass is 131 g/mol. The minimum absolute atomic E-state index is 0. The second-order valence-corrected chi connectivity index (χ2v) is 0.746. The highest BCUT2D eigenvalue weighted by Crippen LogP contribution is 2.13. The standard InChI is InChI=1S/C3H3F3.ClH/c1-2-3(4,5)6;/h2H,1H2;1H/p-1. The fraction of sp³-hybridized carbons (Fsp3) is 0.333. The summed E-state index contributed by atoms with van der Waals surface area (Å²) in [5.41, 5.74) is 0. The Kier molecular flexibility index (Phi) is 4.13. The predicted molar refractivity (Wildman–Crippen MR) is 16.3 cm³/mol. The Bertz CT molecular complexity index is 55.7. The van der Waals surface area contributed by atoms with E-state index in [1.807, 2.05) is 0 Å². The van der Waals surface area contributed by atoms with Crippen molar-refractivity contribution in [1.29, 1.82) is 0 Å². The maximum absolute atomic E-state index is 10.7. The van der Waals surface area contributed by atoms with E-state index in [9.17, 15) is 13.2 Å². The first-order valence-corrected chi connectivity index (χ1v) is 1.26. The minimum Gasteiger partial charge on any atom is -1.00 e. The van der Waals surface area contributed by atoms with Crippen LogP contribution in [0.5, 0.6) is 0 Å². The number of allylic oxidation sites excluding steroid dienone is 1. The molecule has 0 rings (SSSR count). The van der Waals surface area contributed by atoms with Crippen molar-refractivity contribution >= 4 is 0 Å². The molecule has 0 aromatic carbocycles. The van der Waals surface area contributed by atoms with E-state index in [1.54, 1.807) is 0 Å². The van der Waals surface area contributed by atoms with Gasteiger partial charge in [-0.15, -0.1) is 0 Å². The lowest BCUT2D eigenvalue weighted by Gasteiger charge is -1.91. The summed E-state index contributed by atoms with van der Waals surface area (Å²) < 4.78 is 32.0. The maximum atomic E-state index is 10.7. The molecule has 0 unspecified atom stereocenters. The van der Waals surface area contributed by atoms with Gasteiger partial charge in [-0.05, 0) is 0 Å². The van der Waals surface area contributed by atoms with Crippen LogP contribution >= 0.6 is 0 Å². The number of halogens is 4. The average Bonchev–Trinajstić information content (AvgIpc) is 1.35. The summed E-state index contributed by atoms with van der Waals surface area (Å²) in [7, 11) is 0. The molecule has 44 valence electrons. The zero-order valence-electron chi connectivity index (χ0n) is 3.30. The molecule has 0 N–H and O–H groups in total.